The molecule has 2 atom stereocenters. The van der Waals surface area contributed by atoms with Crippen LogP contribution in [-0.2, 0) is 25.7 Å². The number of carbonyl (C=O) groups excluding carboxylic acids is 1. The van der Waals surface area contributed by atoms with E-state index in [9.17, 15) is 14.7 Å². The Balaban J connectivity index is 2.84. The molecule has 1 aromatic carbocycles. The summed E-state index contributed by atoms with van der Waals surface area (Å²) in [6.07, 6.45) is -1.06. The minimum Gasteiger partial charge on any atom is -0.479 e. The van der Waals surface area contributed by atoms with Gasteiger partial charge in [-0.05, 0) is 33.3 Å². The molecule has 6 heteroatoms. The summed E-state index contributed by atoms with van der Waals surface area (Å²) in [5, 5.41) is 9.36. The van der Waals surface area contributed by atoms with Crippen LogP contribution in [0.25, 0.3) is 0 Å². The fourth-order valence-electron chi connectivity index (χ4n) is 1.72. The molecule has 0 aliphatic heterocycles. The lowest BCUT2D eigenvalue weighted by atomic mass is 9.94. The second-order valence-corrected chi connectivity index (χ2v) is 6.11. The summed E-state index contributed by atoms with van der Waals surface area (Å²) in [6.45, 7) is 6.52. The van der Waals surface area contributed by atoms with Crippen molar-refractivity contribution in [3.63, 3.8) is 0 Å². The Bertz CT molecular complexity index is 523. The van der Waals surface area contributed by atoms with Crippen LogP contribution in [0.2, 0.25) is 0 Å². The van der Waals surface area contributed by atoms with Gasteiger partial charge in [0, 0.05) is 0 Å². The molecule has 0 bridgehead atoms. The van der Waals surface area contributed by atoms with Crippen LogP contribution >= 0.6 is 0 Å². The number of carboxylic acid groups (broad SMARTS) is 1. The van der Waals surface area contributed by atoms with E-state index < -0.39 is 29.2 Å². The molecule has 0 radical (unpaired) electrons. The maximum atomic E-state index is 12.2. The van der Waals surface area contributed by atoms with E-state index >= 15 is 0 Å². The van der Waals surface area contributed by atoms with E-state index in [1.807, 2.05) is 30.3 Å². The molecule has 0 saturated carbocycles. The van der Waals surface area contributed by atoms with Crippen LogP contribution in [0.5, 0.6) is 0 Å². The summed E-state index contributed by atoms with van der Waals surface area (Å²) in [6, 6.07) is 9.20. The number of esters is 1. The minimum absolute atomic E-state index is 0.150. The quantitative estimate of drug-likeness (QED) is 0.613. The molecular weight excluding hydrogens is 286 g/mol. The van der Waals surface area contributed by atoms with Crippen LogP contribution in [0.3, 0.4) is 0 Å². The predicted molar refractivity (Wildman–Crippen MR) is 81.1 cm³/mol. The van der Waals surface area contributed by atoms with Crippen LogP contribution < -0.4 is 5.73 Å². The van der Waals surface area contributed by atoms with Gasteiger partial charge in [-0.2, -0.15) is 0 Å². The Morgan fingerprint density at radius 2 is 1.77 bits per heavy atom. The minimum atomic E-state index is -2.26. The highest BCUT2D eigenvalue weighted by molar-refractivity contribution is 6.04. The zero-order chi connectivity index (χ0) is 17.0. The van der Waals surface area contributed by atoms with Crippen molar-refractivity contribution in [1.82, 2.24) is 0 Å². The zero-order valence-corrected chi connectivity index (χ0v) is 13.3. The van der Waals surface area contributed by atoms with Crippen LogP contribution in [0.15, 0.2) is 30.3 Å². The molecule has 6 nitrogen and oxygen atoms in total. The number of carbonyl (C=O) groups is 2. The first kappa shape index (κ1) is 18.1. The van der Waals surface area contributed by atoms with Gasteiger partial charge < -0.3 is 20.3 Å². The second-order valence-electron chi connectivity index (χ2n) is 6.11. The SMILES string of the molecule is CC(OCc1ccccc1)C(N)(C(=O)O)C(=O)OC(C)(C)C. The topological polar surface area (TPSA) is 98.9 Å². The van der Waals surface area contributed by atoms with Gasteiger partial charge >= 0.3 is 11.9 Å². The van der Waals surface area contributed by atoms with Crippen molar-refractivity contribution < 1.29 is 24.2 Å². The molecule has 0 saturated heterocycles. The number of hydrogen-bond donors (Lipinski definition) is 2. The first-order valence-electron chi connectivity index (χ1n) is 6.98. The number of ether oxygens (including phenoxy) is 2. The van der Waals surface area contributed by atoms with Gasteiger partial charge in [0.05, 0.1) is 12.7 Å². The van der Waals surface area contributed by atoms with Crippen molar-refractivity contribution in [2.24, 2.45) is 5.73 Å². The number of benzene rings is 1. The average Bonchev–Trinajstić information content (AvgIpc) is 2.42. The lowest BCUT2D eigenvalue weighted by Gasteiger charge is -2.32. The third-order valence-electron chi connectivity index (χ3n) is 3.07. The van der Waals surface area contributed by atoms with Gasteiger partial charge in [-0.1, -0.05) is 30.3 Å². The van der Waals surface area contributed by atoms with Gasteiger partial charge in [-0.15, -0.1) is 0 Å². The normalized spacial score (nSPS) is 15.7. The van der Waals surface area contributed by atoms with E-state index in [-0.39, 0.29) is 6.61 Å². The van der Waals surface area contributed by atoms with Gasteiger partial charge in [0.25, 0.3) is 0 Å². The molecule has 22 heavy (non-hydrogen) atoms. The number of nitrogens with two attached hydrogens (primary N) is 1. The Morgan fingerprint density at radius 3 is 2.23 bits per heavy atom. The third-order valence-corrected chi connectivity index (χ3v) is 3.07. The summed E-state index contributed by atoms with van der Waals surface area (Å²) >= 11 is 0. The van der Waals surface area contributed by atoms with Gasteiger partial charge in [0.15, 0.2) is 0 Å². The van der Waals surface area contributed by atoms with Crippen LogP contribution in [0, 0.1) is 0 Å². The molecule has 3 N–H and O–H groups in total. The third kappa shape index (κ3) is 4.54. The molecule has 0 spiro atoms. The van der Waals surface area contributed by atoms with Crippen LogP contribution in [0.4, 0.5) is 0 Å². The number of carboxylic acids is 1. The smallest absolute Gasteiger partial charge is 0.341 e. The van der Waals surface area contributed by atoms with Crippen molar-refractivity contribution in [3.05, 3.63) is 35.9 Å². The van der Waals surface area contributed by atoms with E-state index in [1.54, 1.807) is 20.8 Å². The number of aliphatic carboxylic acids is 1. The molecular formula is C16H23NO5. The van der Waals surface area contributed by atoms with Crippen molar-refractivity contribution in [3.8, 4) is 0 Å². The monoisotopic (exact) mass is 309 g/mol. The molecule has 0 heterocycles. The fourth-order valence-corrected chi connectivity index (χ4v) is 1.72. The van der Waals surface area contributed by atoms with E-state index in [2.05, 4.69) is 0 Å². The molecule has 2 unspecified atom stereocenters. The lowest BCUT2D eigenvalue weighted by molar-refractivity contribution is -0.177. The number of rotatable bonds is 6. The molecule has 0 amide bonds. The summed E-state index contributed by atoms with van der Waals surface area (Å²) in [5.41, 5.74) is 3.55. The highest BCUT2D eigenvalue weighted by Gasteiger charge is 2.51. The predicted octanol–water partition coefficient (Wildman–Crippen LogP) is 1.72. The lowest BCUT2D eigenvalue weighted by Crippen LogP contribution is -2.64. The van der Waals surface area contributed by atoms with Crippen molar-refractivity contribution in [2.75, 3.05) is 0 Å². The standard InChI is InChI=1S/C16H23NO5/c1-11(21-10-12-8-6-5-7-9-12)16(17,13(18)19)14(20)22-15(2,3)4/h5-9,11H,10,17H2,1-4H3,(H,18,19). The molecule has 0 aromatic heterocycles. The Kier molecular flexibility index (Phi) is 5.68. The highest BCUT2D eigenvalue weighted by atomic mass is 16.6. The summed E-state index contributed by atoms with van der Waals surface area (Å²) in [5.74, 6) is -2.50. The first-order valence-corrected chi connectivity index (χ1v) is 6.98. The Hall–Kier alpha value is -1.92. The molecule has 0 aliphatic rings. The highest BCUT2D eigenvalue weighted by Crippen LogP contribution is 2.19. The summed E-state index contributed by atoms with van der Waals surface area (Å²) in [4.78, 5) is 23.7. The second kappa shape index (κ2) is 6.89. The first-order chi connectivity index (χ1) is 10.1. The van der Waals surface area contributed by atoms with Crippen molar-refractivity contribution in [2.45, 2.75) is 51.5 Å². The van der Waals surface area contributed by atoms with E-state index in [1.165, 1.54) is 6.92 Å². The Morgan fingerprint density at radius 1 is 1.23 bits per heavy atom. The molecule has 122 valence electrons. The maximum absolute atomic E-state index is 12.2. The van der Waals surface area contributed by atoms with Crippen molar-refractivity contribution >= 4 is 11.9 Å². The van der Waals surface area contributed by atoms with Gasteiger partial charge in [-0.25, -0.2) is 9.59 Å². The van der Waals surface area contributed by atoms with Crippen LogP contribution in [-0.4, -0.2) is 34.3 Å². The largest absolute Gasteiger partial charge is 0.479 e. The summed E-state index contributed by atoms with van der Waals surface area (Å²) in [7, 11) is 0. The fraction of sp³-hybridized carbons (Fsp3) is 0.500. The summed E-state index contributed by atoms with van der Waals surface area (Å²) < 4.78 is 10.6. The molecule has 1 aromatic rings. The number of hydrogen-bond acceptors (Lipinski definition) is 5. The van der Waals surface area contributed by atoms with E-state index in [4.69, 9.17) is 15.2 Å². The molecule has 0 fully saturated rings. The van der Waals surface area contributed by atoms with Gasteiger partial charge in [0.1, 0.15) is 5.60 Å². The Labute approximate surface area is 130 Å². The van der Waals surface area contributed by atoms with E-state index in [0.717, 1.165) is 5.56 Å². The van der Waals surface area contributed by atoms with Gasteiger partial charge in [-0.3, -0.25) is 0 Å². The van der Waals surface area contributed by atoms with Crippen LogP contribution in [0.1, 0.15) is 33.3 Å². The van der Waals surface area contributed by atoms with E-state index in [0.29, 0.717) is 0 Å². The van der Waals surface area contributed by atoms with Gasteiger partial charge in [0.2, 0.25) is 5.54 Å². The zero-order valence-electron chi connectivity index (χ0n) is 13.3. The maximum Gasteiger partial charge on any atom is 0.341 e. The average molecular weight is 309 g/mol. The molecule has 0 aliphatic carbocycles. The molecule has 1 rings (SSSR count). The van der Waals surface area contributed by atoms with Crippen molar-refractivity contribution in [1.29, 1.82) is 0 Å².